The molecule has 3 aromatic rings. The van der Waals surface area contributed by atoms with E-state index in [9.17, 15) is 5.11 Å². The van der Waals surface area contributed by atoms with Gasteiger partial charge in [-0.05, 0) is 48.7 Å². The summed E-state index contributed by atoms with van der Waals surface area (Å²) in [6.07, 6.45) is 0.370. The number of aryl methyl sites for hydroxylation is 2. The molecule has 0 aliphatic heterocycles. The number of benzene rings is 2. The van der Waals surface area contributed by atoms with Crippen LogP contribution >= 0.6 is 0 Å². The standard InChI is InChI=1S/C22H28N2O2/c1-5-17-10-16(4)11-19(12-17)26-14-18(25)13-24-21-9-7-6-8-20(21)23-22(24)15(2)3/h6-12,15,18,25H,5,13-14H2,1-4H3. The van der Waals surface area contributed by atoms with Crippen molar-refractivity contribution in [2.24, 2.45) is 0 Å². The van der Waals surface area contributed by atoms with E-state index in [2.05, 4.69) is 44.4 Å². The summed E-state index contributed by atoms with van der Waals surface area (Å²) in [5.74, 6) is 2.11. The molecule has 0 fully saturated rings. The fourth-order valence-electron chi connectivity index (χ4n) is 3.29. The predicted molar refractivity (Wildman–Crippen MR) is 106 cm³/mol. The molecule has 1 heterocycles. The van der Waals surface area contributed by atoms with Crippen LogP contribution in [-0.2, 0) is 13.0 Å². The third-order valence-electron chi connectivity index (χ3n) is 4.56. The Bertz CT molecular complexity index is 883. The second kappa shape index (κ2) is 7.92. The Kier molecular flexibility index (Phi) is 5.62. The maximum absolute atomic E-state index is 10.6. The number of fused-ring (bicyclic) bond motifs is 1. The van der Waals surface area contributed by atoms with Crippen LogP contribution in [0.4, 0.5) is 0 Å². The summed E-state index contributed by atoms with van der Waals surface area (Å²) in [5.41, 5.74) is 4.45. The molecule has 0 spiro atoms. The Morgan fingerprint density at radius 3 is 2.65 bits per heavy atom. The lowest BCUT2D eigenvalue weighted by Gasteiger charge is -2.17. The molecule has 4 nitrogen and oxygen atoms in total. The minimum atomic E-state index is -0.601. The number of rotatable bonds is 7. The van der Waals surface area contributed by atoms with E-state index < -0.39 is 6.10 Å². The molecule has 1 N–H and O–H groups in total. The van der Waals surface area contributed by atoms with Gasteiger partial charge >= 0.3 is 0 Å². The molecular formula is C22H28N2O2. The van der Waals surface area contributed by atoms with Gasteiger partial charge in [-0.1, -0.05) is 39.0 Å². The van der Waals surface area contributed by atoms with Crippen molar-refractivity contribution >= 4 is 11.0 Å². The van der Waals surface area contributed by atoms with Crippen LogP contribution in [0.1, 0.15) is 43.6 Å². The molecule has 0 bridgehead atoms. The molecule has 1 unspecified atom stereocenters. The molecule has 0 aliphatic rings. The zero-order chi connectivity index (χ0) is 18.7. The van der Waals surface area contributed by atoms with Crippen molar-refractivity contribution in [3.05, 3.63) is 59.4 Å². The van der Waals surface area contributed by atoms with E-state index in [1.807, 2.05) is 30.3 Å². The number of para-hydroxylation sites is 2. The van der Waals surface area contributed by atoms with E-state index in [4.69, 9.17) is 9.72 Å². The van der Waals surface area contributed by atoms with Crippen LogP contribution in [0.3, 0.4) is 0 Å². The van der Waals surface area contributed by atoms with E-state index in [1.165, 1.54) is 11.1 Å². The fourth-order valence-corrected chi connectivity index (χ4v) is 3.29. The van der Waals surface area contributed by atoms with Gasteiger partial charge < -0.3 is 14.4 Å². The monoisotopic (exact) mass is 352 g/mol. The summed E-state index contributed by atoms with van der Waals surface area (Å²) in [5, 5.41) is 10.6. The molecule has 4 heteroatoms. The maximum atomic E-state index is 10.6. The average molecular weight is 352 g/mol. The van der Waals surface area contributed by atoms with Gasteiger partial charge in [0, 0.05) is 5.92 Å². The number of hydrogen-bond acceptors (Lipinski definition) is 3. The normalized spacial score (nSPS) is 12.7. The molecule has 2 aromatic carbocycles. The Morgan fingerprint density at radius 1 is 1.15 bits per heavy atom. The molecular weight excluding hydrogens is 324 g/mol. The maximum Gasteiger partial charge on any atom is 0.119 e. The summed E-state index contributed by atoms with van der Waals surface area (Å²) >= 11 is 0. The first-order valence-electron chi connectivity index (χ1n) is 9.34. The number of aliphatic hydroxyl groups is 1. The summed E-state index contributed by atoms with van der Waals surface area (Å²) in [6, 6.07) is 14.3. The summed E-state index contributed by atoms with van der Waals surface area (Å²) in [4.78, 5) is 4.73. The molecule has 0 saturated heterocycles. The highest BCUT2D eigenvalue weighted by Gasteiger charge is 2.16. The average Bonchev–Trinajstić information content (AvgIpc) is 2.98. The first-order valence-corrected chi connectivity index (χ1v) is 9.34. The van der Waals surface area contributed by atoms with Gasteiger partial charge in [0.25, 0.3) is 0 Å². The van der Waals surface area contributed by atoms with Crippen molar-refractivity contribution in [3.63, 3.8) is 0 Å². The highest BCUT2D eigenvalue weighted by atomic mass is 16.5. The highest BCUT2D eigenvalue weighted by Crippen LogP contribution is 2.23. The summed E-state index contributed by atoms with van der Waals surface area (Å²) < 4.78 is 7.98. The van der Waals surface area contributed by atoms with E-state index >= 15 is 0 Å². The first kappa shape index (κ1) is 18.5. The summed E-state index contributed by atoms with van der Waals surface area (Å²) in [7, 11) is 0. The van der Waals surface area contributed by atoms with Gasteiger partial charge in [-0.2, -0.15) is 0 Å². The van der Waals surface area contributed by atoms with Gasteiger partial charge in [-0.15, -0.1) is 0 Å². The topological polar surface area (TPSA) is 47.3 Å². The lowest BCUT2D eigenvalue weighted by atomic mass is 10.1. The van der Waals surface area contributed by atoms with Crippen molar-refractivity contribution in [1.82, 2.24) is 9.55 Å². The lowest BCUT2D eigenvalue weighted by Crippen LogP contribution is -2.25. The van der Waals surface area contributed by atoms with Gasteiger partial charge in [0.15, 0.2) is 0 Å². The summed E-state index contributed by atoms with van der Waals surface area (Å²) in [6.45, 7) is 9.18. The zero-order valence-electron chi connectivity index (χ0n) is 16.1. The molecule has 0 radical (unpaired) electrons. The van der Waals surface area contributed by atoms with E-state index in [-0.39, 0.29) is 6.61 Å². The number of aromatic nitrogens is 2. The number of hydrogen-bond donors (Lipinski definition) is 1. The molecule has 1 aromatic heterocycles. The highest BCUT2D eigenvalue weighted by molar-refractivity contribution is 5.76. The first-order chi connectivity index (χ1) is 12.5. The number of imidazole rings is 1. The molecule has 1 atom stereocenters. The largest absolute Gasteiger partial charge is 0.491 e. The van der Waals surface area contributed by atoms with E-state index in [0.29, 0.717) is 12.5 Å². The lowest BCUT2D eigenvalue weighted by molar-refractivity contribution is 0.0925. The van der Waals surface area contributed by atoms with Crippen LogP contribution in [0.15, 0.2) is 42.5 Å². The predicted octanol–water partition coefficient (Wildman–Crippen LogP) is 4.47. The van der Waals surface area contributed by atoms with Crippen LogP contribution in [0.2, 0.25) is 0 Å². The van der Waals surface area contributed by atoms with Gasteiger partial charge in [-0.25, -0.2) is 4.98 Å². The van der Waals surface area contributed by atoms with Crippen molar-refractivity contribution < 1.29 is 9.84 Å². The number of nitrogens with zero attached hydrogens (tertiary/aromatic N) is 2. The zero-order valence-corrected chi connectivity index (χ0v) is 16.1. The Balaban J connectivity index is 1.74. The SMILES string of the molecule is CCc1cc(C)cc(OCC(O)Cn2c(C(C)C)nc3ccccc32)c1. The van der Waals surface area contributed by atoms with Crippen LogP contribution in [-0.4, -0.2) is 27.4 Å². The van der Waals surface area contributed by atoms with Gasteiger partial charge in [0.05, 0.1) is 17.6 Å². The van der Waals surface area contributed by atoms with Crippen molar-refractivity contribution in [2.75, 3.05) is 6.61 Å². The Labute approximate surface area is 155 Å². The second-order valence-electron chi connectivity index (χ2n) is 7.20. The molecule has 0 amide bonds. The van der Waals surface area contributed by atoms with E-state index in [0.717, 1.165) is 29.0 Å². The van der Waals surface area contributed by atoms with Crippen molar-refractivity contribution in [3.8, 4) is 5.75 Å². The molecule has 3 rings (SSSR count). The minimum absolute atomic E-state index is 0.261. The quantitative estimate of drug-likeness (QED) is 0.682. The smallest absolute Gasteiger partial charge is 0.119 e. The second-order valence-corrected chi connectivity index (χ2v) is 7.20. The van der Waals surface area contributed by atoms with Crippen LogP contribution in [0, 0.1) is 6.92 Å². The van der Waals surface area contributed by atoms with Gasteiger partial charge in [-0.3, -0.25) is 0 Å². The van der Waals surface area contributed by atoms with Crippen LogP contribution < -0.4 is 4.74 Å². The van der Waals surface area contributed by atoms with Crippen molar-refractivity contribution in [2.45, 2.75) is 52.7 Å². The van der Waals surface area contributed by atoms with Crippen LogP contribution in [0.5, 0.6) is 5.75 Å². The minimum Gasteiger partial charge on any atom is -0.491 e. The Hall–Kier alpha value is -2.33. The van der Waals surface area contributed by atoms with E-state index in [1.54, 1.807) is 0 Å². The Morgan fingerprint density at radius 2 is 1.92 bits per heavy atom. The third-order valence-corrected chi connectivity index (χ3v) is 4.56. The molecule has 26 heavy (non-hydrogen) atoms. The number of aliphatic hydroxyl groups excluding tert-OH is 1. The fraction of sp³-hybridized carbons (Fsp3) is 0.409. The number of ether oxygens (including phenoxy) is 1. The van der Waals surface area contributed by atoms with Gasteiger partial charge in [0.2, 0.25) is 0 Å². The van der Waals surface area contributed by atoms with Crippen LogP contribution in [0.25, 0.3) is 11.0 Å². The molecule has 0 saturated carbocycles. The van der Waals surface area contributed by atoms with Gasteiger partial charge in [0.1, 0.15) is 24.3 Å². The molecule has 138 valence electrons. The molecule has 0 aliphatic carbocycles. The third kappa shape index (κ3) is 4.07. The van der Waals surface area contributed by atoms with Crippen molar-refractivity contribution in [1.29, 1.82) is 0 Å².